The molecular weight excluding hydrogens is 230 g/mol. The van der Waals surface area contributed by atoms with Gasteiger partial charge in [0.15, 0.2) is 0 Å². The largest absolute Gasteiger partial charge is 0.398 e. The summed E-state index contributed by atoms with van der Waals surface area (Å²) in [6, 6.07) is 5.40. The molecule has 0 radical (unpaired) electrons. The van der Waals surface area contributed by atoms with Gasteiger partial charge in [0, 0.05) is 31.7 Å². The minimum absolute atomic E-state index is 0.0116. The van der Waals surface area contributed by atoms with Gasteiger partial charge in [-0.15, -0.1) is 0 Å². The molecule has 3 N–H and O–H groups in total. The Morgan fingerprint density at radius 3 is 2.94 bits per heavy atom. The van der Waals surface area contributed by atoms with E-state index in [0.717, 1.165) is 5.56 Å². The van der Waals surface area contributed by atoms with Crippen LogP contribution >= 0.6 is 0 Å². The van der Waals surface area contributed by atoms with Crippen molar-refractivity contribution in [3.8, 4) is 0 Å². The van der Waals surface area contributed by atoms with Crippen LogP contribution in [-0.4, -0.2) is 36.3 Å². The molecule has 18 heavy (non-hydrogen) atoms. The number of carbonyl (C=O) groups is 2. The highest BCUT2D eigenvalue weighted by Gasteiger charge is 2.21. The highest BCUT2D eigenvalue weighted by atomic mass is 16.2. The monoisotopic (exact) mass is 247 g/mol. The molecule has 0 saturated carbocycles. The number of nitrogens with zero attached hydrogens (tertiary/aromatic N) is 1. The molecule has 1 aromatic rings. The van der Waals surface area contributed by atoms with Crippen LogP contribution in [0.25, 0.3) is 0 Å². The van der Waals surface area contributed by atoms with Crippen LogP contribution in [0, 0.1) is 6.92 Å². The Kier molecular flexibility index (Phi) is 3.50. The lowest BCUT2D eigenvalue weighted by molar-refractivity contribution is -0.120. The van der Waals surface area contributed by atoms with E-state index in [1.54, 1.807) is 17.0 Å². The van der Waals surface area contributed by atoms with Gasteiger partial charge in [-0.3, -0.25) is 9.59 Å². The molecule has 1 fully saturated rings. The first-order chi connectivity index (χ1) is 8.58. The predicted molar refractivity (Wildman–Crippen MR) is 69.1 cm³/mol. The van der Waals surface area contributed by atoms with Crippen molar-refractivity contribution in [1.29, 1.82) is 0 Å². The van der Waals surface area contributed by atoms with Crippen LogP contribution in [0.2, 0.25) is 0 Å². The van der Waals surface area contributed by atoms with Crippen molar-refractivity contribution in [2.75, 3.05) is 25.4 Å². The lowest BCUT2D eigenvalue weighted by Gasteiger charge is -2.20. The van der Waals surface area contributed by atoms with Gasteiger partial charge < -0.3 is 16.0 Å². The van der Waals surface area contributed by atoms with Crippen LogP contribution in [0.15, 0.2) is 18.2 Å². The van der Waals surface area contributed by atoms with Crippen molar-refractivity contribution >= 4 is 17.5 Å². The molecule has 5 nitrogen and oxygen atoms in total. The standard InChI is InChI=1S/C13H17N3O2/c1-9-2-3-11(14)10(8-9)13(18)16-6-4-12(17)15-5-7-16/h2-3,8H,4-7,14H2,1H3,(H,15,17). The van der Waals surface area contributed by atoms with E-state index in [-0.39, 0.29) is 11.8 Å². The number of benzene rings is 1. The summed E-state index contributed by atoms with van der Waals surface area (Å²) >= 11 is 0. The van der Waals surface area contributed by atoms with Gasteiger partial charge in [-0.2, -0.15) is 0 Å². The number of hydrogen-bond donors (Lipinski definition) is 2. The molecule has 1 heterocycles. The molecule has 0 unspecified atom stereocenters. The van der Waals surface area contributed by atoms with Gasteiger partial charge in [-0.05, 0) is 19.1 Å². The highest BCUT2D eigenvalue weighted by Crippen LogP contribution is 2.16. The van der Waals surface area contributed by atoms with Gasteiger partial charge in [-0.1, -0.05) is 11.6 Å². The summed E-state index contributed by atoms with van der Waals surface area (Å²) in [7, 11) is 0. The van der Waals surface area contributed by atoms with E-state index >= 15 is 0 Å². The minimum Gasteiger partial charge on any atom is -0.398 e. The van der Waals surface area contributed by atoms with Gasteiger partial charge in [0.05, 0.1) is 5.56 Å². The van der Waals surface area contributed by atoms with Crippen molar-refractivity contribution in [2.45, 2.75) is 13.3 Å². The first kappa shape index (κ1) is 12.4. The zero-order valence-corrected chi connectivity index (χ0v) is 10.4. The number of nitrogens with two attached hydrogens (primary N) is 1. The van der Waals surface area contributed by atoms with Crippen molar-refractivity contribution in [1.82, 2.24) is 10.2 Å². The molecule has 5 heteroatoms. The fourth-order valence-corrected chi connectivity index (χ4v) is 2.00. The topological polar surface area (TPSA) is 75.4 Å². The summed E-state index contributed by atoms with van der Waals surface area (Å²) in [6.07, 6.45) is 0.345. The Morgan fingerprint density at radius 2 is 2.17 bits per heavy atom. The van der Waals surface area contributed by atoms with Gasteiger partial charge in [-0.25, -0.2) is 0 Å². The van der Waals surface area contributed by atoms with E-state index in [1.807, 2.05) is 13.0 Å². The Labute approximate surface area is 106 Å². The second-order valence-electron chi connectivity index (χ2n) is 4.48. The Hall–Kier alpha value is -2.04. The lowest BCUT2D eigenvalue weighted by Crippen LogP contribution is -2.34. The lowest BCUT2D eigenvalue weighted by atomic mass is 10.1. The number of aryl methyl sites for hydroxylation is 1. The summed E-state index contributed by atoms with van der Waals surface area (Å²) in [6.45, 7) is 3.38. The smallest absolute Gasteiger partial charge is 0.256 e. The van der Waals surface area contributed by atoms with Crippen molar-refractivity contribution in [3.05, 3.63) is 29.3 Å². The molecule has 0 aliphatic carbocycles. The van der Waals surface area contributed by atoms with Crippen LogP contribution in [0.1, 0.15) is 22.3 Å². The number of carbonyl (C=O) groups excluding carboxylic acids is 2. The highest BCUT2D eigenvalue weighted by molar-refractivity contribution is 5.99. The average molecular weight is 247 g/mol. The normalized spacial score (nSPS) is 16.1. The first-order valence-corrected chi connectivity index (χ1v) is 6.00. The number of anilines is 1. The SMILES string of the molecule is Cc1ccc(N)c(C(=O)N2CCNC(=O)CC2)c1. The second kappa shape index (κ2) is 5.08. The van der Waals surface area contributed by atoms with E-state index in [0.29, 0.717) is 37.3 Å². The van der Waals surface area contributed by atoms with Crippen molar-refractivity contribution in [2.24, 2.45) is 0 Å². The molecule has 0 spiro atoms. The Morgan fingerprint density at radius 1 is 1.39 bits per heavy atom. The third-order valence-corrected chi connectivity index (χ3v) is 3.04. The Balaban J connectivity index is 2.19. The average Bonchev–Trinajstić information content (AvgIpc) is 2.56. The van der Waals surface area contributed by atoms with Crippen LogP contribution < -0.4 is 11.1 Å². The molecule has 2 rings (SSSR count). The summed E-state index contributed by atoms with van der Waals surface area (Å²) in [5, 5.41) is 2.74. The third kappa shape index (κ3) is 2.61. The zero-order chi connectivity index (χ0) is 13.1. The van der Waals surface area contributed by atoms with Crippen LogP contribution in [0.5, 0.6) is 0 Å². The van der Waals surface area contributed by atoms with Crippen molar-refractivity contribution in [3.63, 3.8) is 0 Å². The number of amides is 2. The molecule has 0 aromatic heterocycles. The molecule has 1 saturated heterocycles. The Bertz CT molecular complexity index is 485. The summed E-state index contributed by atoms with van der Waals surface area (Å²) in [4.78, 5) is 25.2. The molecule has 1 aromatic carbocycles. The summed E-state index contributed by atoms with van der Waals surface area (Å²) < 4.78 is 0. The molecule has 0 bridgehead atoms. The maximum Gasteiger partial charge on any atom is 0.256 e. The van der Waals surface area contributed by atoms with Gasteiger partial charge in [0.25, 0.3) is 5.91 Å². The van der Waals surface area contributed by atoms with Gasteiger partial charge >= 0.3 is 0 Å². The molecule has 96 valence electrons. The fourth-order valence-electron chi connectivity index (χ4n) is 2.00. The summed E-state index contributed by atoms with van der Waals surface area (Å²) in [5.41, 5.74) is 7.83. The van der Waals surface area contributed by atoms with Crippen molar-refractivity contribution < 1.29 is 9.59 Å². The number of nitrogens with one attached hydrogen (secondary N) is 1. The van der Waals surface area contributed by atoms with E-state index in [2.05, 4.69) is 5.32 Å². The molecule has 2 amide bonds. The maximum atomic E-state index is 12.3. The van der Waals surface area contributed by atoms with Gasteiger partial charge in [0.1, 0.15) is 0 Å². The quantitative estimate of drug-likeness (QED) is 0.711. The van der Waals surface area contributed by atoms with Crippen LogP contribution in [0.3, 0.4) is 0 Å². The van der Waals surface area contributed by atoms with Crippen LogP contribution in [-0.2, 0) is 4.79 Å². The molecular formula is C13H17N3O2. The van der Waals surface area contributed by atoms with E-state index in [4.69, 9.17) is 5.73 Å². The predicted octanol–water partition coefficient (Wildman–Crippen LogP) is 0.539. The molecule has 1 aliphatic heterocycles. The molecule has 0 atom stereocenters. The maximum absolute atomic E-state index is 12.3. The van der Waals surface area contributed by atoms with Gasteiger partial charge in [0.2, 0.25) is 5.91 Å². The minimum atomic E-state index is -0.104. The second-order valence-corrected chi connectivity index (χ2v) is 4.48. The number of nitrogen functional groups attached to an aromatic ring is 1. The number of rotatable bonds is 1. The summed E-state index contributed by atoms with van der Waals surface area (Å²) in [5.74, 6) is -0.116. The number of hydrogen-bond acceptors (Lipinski definition) is 3. The van der Waals surface area contributed by atoms with E-state index in [9.17, 15) is 9.59 Å². The van der Waals surface area contributed by atoms with E-state index < -0.39 is 0 Å². The first-order valence-electron chi connectivity index (χ1n) is 6.00. The van der Waals surface area contributed by atoms with E-state index in [1.165, 1.54) is 0 Å². The zero-order valence-electron chi connectivity index (χ0n) is 10.4. The molecule has 1 aliphatic rings. The van der Waals surface area contributed by atoms with Crippen LogP contribution in [0.4, 0.5) is 5.69 Å². The fraction of sp³-hybridized carbons (Fsp3) is 0.385. The third-order valence-electron chi connectivity index (χ3n) is 3.04.